The third-order valence-electron chi connectivity index (χ3n) is 2.72. The minimum Gasteiger partial charge on any atom is -0.492 e. The molecule has 0 atom stereocenters. The van der Waals surface area contributed by atoms with E-state index in [-0.39, 0.29) is 5.91 Å². The van der Waals surface area contributed by atoms with Gasteiger partial charge in [0, 0.05) is 22.8 Å². The Bertz CT molecular complexity index is 613. The van der Waals surface area contributed by atoms with Crippen molar-refractivity contribution in [3.05, 3.63) is 45.1 Å². The number of rotatable bonds is 6. The molecule has 0 radical (unpaired) electrons. The second kappa shape index (κ2) is 7.59. The summed E-state index contributed by atoms with van der Waals surface area (Å²) in [6.07, 6.45) is 0. The molecule has 112 valence electrons. The fourth-order valence-electron chi connectivity index (χ4n) is 1.65. The monoisotopic (exact) mass is 368 g/mol. The summed E-state index contributed by atoms with van der Waals surface area (Å²) >= 11 is 4.77. The number of amides is 1. The molecule has 0 aliphatic heterocycles. The Morgan fingerprint density at radius 2 is 2.19 bits per heavy atom. The number of nitrogens with zero attached hydrogens (tertiary/aromatic N) is 1. The second-order valence-electron chi connectivity index (χ2n) is 4.73. The van der Waals surface area contributed by atoms with Crippen LogP contribution in [-0.2, 0) is 0 Å². The maximum Gasteiger partial charge on any atom is 0.266 e. The van der Waals surface area contributed by atoms with Crippen LogP contribution in [0, 0.1) is 0 Å². The minimum atomic E-state index is -0.123. The van der Waals surface area contributed by atoms with Crippen molar-refractivity contribution < 1.29 is 9.53 Å². The SMILES string of the molecule is CN(C)CCOc1cccc(NC(=O)c2sccc2Br)c1. The van der Waals surface area contributed by atoms with Crippen LogP contribution >= 0.6 is 27.3 Å². The van der Waals surface area contributed by atoms with E-state index in [0.29, 0.717) is 11.5 Å². The molecule has 0 spiro atoms. The number of benzene rings is 1. The molecule has 2 aromatic rings. The van der Waals surface area contributed by atoms with E-state index in [4.69, 9.17) is 4.74 Å². The number of hydrogen-bond donors (Lipinski definition) is 1. The van der Waals surface area contributed by atoms with E-state index in [2.05, 4.69) is 26.1 Å². The molecule has 1 N–H and O–H groups in total. The molecular weight excluding hydrogens is 352 g/mol. The molecule has 0 fully saturated rings. The van der Waals surface area contributed by atoms with Gasteiger partial charge in [0.05, 0.1) is 0 Å². The van der Waals surface area contributed by atoms with Gasteiger partial charge in [-0.3, -0.25) is 4.79 Å². The van der Waals surface area contributed by atoms with Crippen LogP contribution in [-0.4, -0.2) is 38.1 Å². The molecule has 0 unspecified atom stereocenters. The number of halogens is 1. The smallest absolute Gasteiger partial charge is 0.266 e. The highest BCUT2D eigenvalue weighted by Crippen LogP contribution is 2.24. The topological polar surface area (TPSA) is 41.6 Å². The Balaban J connectivity index is 1.98. The van der Waals surface area contributed by atoms with E-state index < -0.39 is 0 Å². The van der Waals surface area contributed by atoms with Gasteiger partial charge in [-0.1, -0.05) is 6.07 Å². The summed E-state index contributed by atoms with van der Waals surface area (Å²) in [7, 11) is 4.00. The van der Waals surface area contributed by atoms with Gasteiger partial charge in [-0.15, -0.1) is 11.3 Å². The molecule has 4 nitrogen and oxygen atoms in total. The normalized spacial score (nSPS) is 10.7. The van der Waals surface area contributed by atoms with Gasteiger partial charge < -0.3 is 15.0 Å². The highest BCUT2D eigenvalue weighted by atomic mass is 79.9. The fraction of sp³-hybridized carbons (Fsp3) is 0.267. The maximum atomic E-state index is 12.1. The summed E-state index contributed by atoms with van der Waals surface area (Å²) in [5, 5.41) is 4.75. The first kappa shape index (κ1) is 16.0. The van der Waals surface area contributed by atoms with Gasteiger partial charge >= 0.3 is 0 Å². The number of nitrogens with one attached hydrogen (secondary N) is 1. The first-order chi connectivity index (χ1) is 10.1. The first-order valence-corrected chi connectivity index (χ1v) is 8.15. The number of likely N-dealkylation sites (N-methyl/N-ethyl adjacent to an activating group) is 1. The van der Waals surface area contributed by atoms with Crippen molar-refractivity contribution in [3.63, 3.8) is 0 Å². The molecule has 0 aliphatic rings. The summed E-state index contributed by atoms with van der Waals surface area (Å²) in [5.41, 5.74) is 0.725. The van der Waals surface area contributed by atoms with Crippen LogP contribution in [0.3, 0.4) is 0 Å². The van der Waals surface area contributed by atoms with Crippen molar-refractivity contribution in [1.82, 2.24) is 4.90 Å². The van der Waals surface area contributed by atoms with Gasteiger partial charge in [0.2, 0.25) is 0 Å². The Morgan fingerprint density at radius 3 is 2.86 bits per heavy atom. The Morgan fingerprint density at radius 1 is 1.38 bits per heavy atom. The lowest BCUT2D eigenvalue weighted by Gasteiger charge is -2.12. The molecule has 1 aromatic carbocycles. The van der Waals surface area contributed by atoms with E-state index in [9.17, 15) is 4.79 Å². The van der Waals surface area contributed by atoms with Crippen LogP contribution in [0.25, 0.3) is 0 Å². The lowest BCUT2D eigenvalue weighted by molar-refractivity contribution is 0.103. The summed E-state index contributed by atoms with van der Waals surface area (Å²) in [6, 6.07) is 9.28. The van der Waals surface area contributed by atoms with E-state index in [1.165, 1.54) is 11.3 Å². The number of carbonyl (C=O) groups is 1. The van der Waals surface area contributed by atoms with Gasteiger partial charge in [-0.2, -0.15) is 0 Å². The quantitative estimate of drug-likeness (QED) is 0.844. The predicted molar refractivity (Wildman–Crippen MR) is 90.5 cm³/mol. The van der Waals surface area contributed by atoms with Gasteiger partial charge in [0.1, 0.15) is 17.2 Å². The van der Waals surface area contributed by atoms with E-state index in [1.807, 2.05) is 49.8 Å². The van der Waals surface area contributed by atoms with Crippen molar-refractivity contribution in [2.75, 3.05) is 32.6 Å². The van der Waals surface area contributed by atoms with E-state index in [0.717, 1.165) is 22.5 Å². The van der Waals surface area contributed by atoms with Gasteiger partial charge in [0.25, 0.3) is 5.91 Å². The molecule has 6 heteroatoms. The zero-order valence-electron chi connectivity index (χ0n) is 11.9. The molecule has 1 aromatic heterocycles. The van der Waals surface area contributed by atoms with Crippen molar-refractivity contribution in [2.45, 2.75) is 0 Å². The Hall–Kier alpha value is -1.37. The Labute approximate surface area is 136 Å². The second-order valence-corrected chi connectivity index (χ2v) is 6.50. The molecule has 0 saturated heterocycles. The fourth-order valence-corrected chi connectivity index (χ4v) is 3.10. The summed E-state index contributed by atoms with van der Waals surface area (Å²) in [6.45, 7) is 1.46. The minimum absolute atomic E-state index is 0.123. The van der Waals surface area contributed by atoms with Crippen LogP contribution in [0.2, 0.25) is 0 Å². The number of carbonyl (C=O) groups excluding carboxylic acids is 1. The van der Waals surface area contributed by atoms with Crippen LogP contribution in [0.1, 0.15) is 9.67 Å². The molecule has 2 rings (SSSR count). The average Bonchev–Trinajstić information content (AvgIpc) is 2.85. The Kier molecular flexibility index (Phi) is 5.78. The van der Waals surface area contributed by atoms with E-state index >= 15 is 0 Å². The number of anilines is 1. The zero-order chi connectivity index (χ0) is 15.2. The number of ether oxygens (including phenoxy) is 1. The summed E-state index contributed by atoms with van der Waals surface area (Å²) < 4.78 is 6.46. The van der Waals surface area contributed by atoms with Crippen LogP contribution in [0.5, 0.6) is 5.75 Å². The predicted octanol–water partition coefficient (Wildman–Crippen LogP) is 3.70. The number of hydrogen-bond acceptors (Lipinski definition) is 4. The molecule has 0 bridgehead atoms. The molecular formula is C15H17BrN2O2S. The van der Waals surface area contributed by atoms with Crippen molar-refractivity contribution in [1.29, 1.82) is 0 Å². The molecule has 21 heavy (non-hydrogen) atoms. The van der Waals surface area contributed by atoms with Crippen LogP contribution in [0.15, 0.2) is 40.2 Å². The van der Waals surface area contributed by atoms with Crippen molar-refractivity contribution >= 4 is 38.9 Å². The van der Waals surface area contributed by atoms with Crippen LogP contribution < -0.4 is 10.1 Å². The highest BCUT2D eigenvalue weighted by Gasteiger charge is 2.11. The first-order valence-electron chi connectivity index (χ1n) is 6.48. The summed E-state index contributed by atoms with van der Waals surface area (Å²) in [4.78, 5) is 14.8. The molecule has 1 heterocycles. The highest BCUT2D eigenvalue weighted by molar-refractivity contribution is 9.10. The van der Waals surface area contributed by atoms with Gasteiger partial charge in [0.15, 0.2) is 0 Å². The standard InChI is InChI=1S/C15H17BrN2O2S/c1-18(2)7-8-20-12-5-3-4-11(10-12)17-15(19)14-13(16)6-9-21-14/h3-6,9-10H,7-8H2,1-2H3,(H,17,19). The lowest BCUT2D eigenvalue weighted by atomic mass is 10.3. The van der Waals surface area contributed by atoms with Gasteiger partial charge in [-0.05, 0) is 53.6 Å². The van der Waals surface area contributed by atoms with Crippen molar-refractivity contribution in [3.8, 4) is 5.75 Å². The third-order valence-corrected chi connectivity index (χ3v) is 4.56. The van der Waals surface area contributed by atoms with Crippen LogP contribution in [0.4, 0.5) is 5.69 Å². The summed E-state index contributed by atoms with van der Waals surface area (Å²) in [5.74, 6) is 0.627. The number of thiophene rings is 1. The largest absolute Gasteiger partial charge is 0.492 e. The van der Waals surface area contributed by atoms with Gasteiger partial charge in [-0.25, -0.2) is 0 Å². The lowest BCUT2D eigenvalue weighted by Crippen LogP contribution is -2.19. The molecule has 1 amide bonds. The molecule has 0 aliphatic carbocycles. The zero-order valence-corrected chi connectivity index (χ0v) is 14.3. The maximum absolute atomic E-state index is 12.1. The molecule has 0 saturated carbocycles. The average molecular weight is 369 g/mol. The third kappa shape index (κ3) is 4.84. The van der Waals surface area contributed by atoms with Crippen molar-refractivity contribution in [2.24, 2.45) is 0 Å². The van der Waals surface area contributed by atoms with E-state index in [1.54, 1.807) is 0 Å².